The van der Waals surface area contributed by atoms with Gasteiger partial charge in [0.1, 0.15) is 11.5 Å². The van der Waals surface area contributed by atoms with Crippen LogP contribution in [-0.4, -0.2) is 21.3 Å². The minimum Gasteiger partial charge on any atom is -0.508 e. The number of phenolic OH excluding ortho intramolecular Hbond substituents is 2. The lowest BCUT2D eigenvalue weighted by Crippen LogP contribution is -2.12. The molecule has 0 aliphatic rings. The van der Waals surface area contributed by atoms with Gasteiger partial charge in [-0.3, -0.25) is 4.79 Å². The lowest BCUT2D eigenvalue weighted by molar-refractivity contribution is -0.137. The standard InChI is InChI=1S/C11H15NO4/c1-6-4-10(14)7(5-9(6)13)8(12)2-3-11(15)16/h4-5,8,13-14H,2-3,12H2,1H3,(H,15,16). The summed E-state index contributed by atoms with van der Waals surface area (Å²) >= 11 is 0. The van der Waals surface area contributed by atoms with E-state index in [0.717, 1.165) is 0 Å². The predicted octanol–water partition coefficient (Wildman–Crippen LogP) is 1.27. The molecule has 0 radical (unpaired) electrons. The lowest BCUT2D eigenvalue weighted by atomic mass is 10.00. The molecule has 5 heteroatoms. The van der Waals surface area contributed by atoms with Gasteiger partial charge in [0.2, 0.25) is 0 Å². The minimum atomic E-state index is -0.939. The van der Waals surface area contributed by atoms with E-state index in [-0.39, 0.29) is 24.3 Å². The van der Waals surface area contributed by atoms with Gasteiger partial charge in [-0.2, -0.15) is 0 Å². The van der Waals surface area contributed by atoms with Crippen LogP contribution in [-0.2, 0) is 4.79 Å². The van der Waals surface area contributed by atoms with E-state index < -0.39 is 12.0 Å². The van der Waals surface area contributed by atoms with Crippen LogP contribution in [0.25, 0.3) is 0 Å². The van der Waals surface area contributed by atoms with Gasteiger partial charge < -0.3 is 21.1 Å². The zero-order valence-electron chi connectivity index (χ0n) is 8.97. The van der Waals surface area contributed by atoms with E-state index in [1.54, 1.807) is 6.92 Å². The third kappa shape index (κ3) is 2.87. The van der Waals surface area contributed by atoms with Gasteiger partial charge in [0.15, 0.2) is 0 Å². The molecule has 0 spiro atoms. The van der Waals surface area contributed by atoms with Crippen LogP contribution in [0.4, 0.5) is 0 Å². The molecule has 0 heterocycles. The molecule has 5 N–H and O–H groups in total. The van der Waals surface area contributed by atoms with Crippen LogP contribution in [0.2, 0.25) is 0 Å². The fourth-order valence-corrected chi connectivity index (χ4v) is 1.43. The van der Waals surface area contributed by atoms with Crippen LogP contribution >= 0.6 is 0 Å². The van der Waals surface area contributed by atoms with Crippen molar-refractivity contribution in [2.75, 3.05) is 0 Å². The molecule has 1 atom stereocenters. The third-order valence-corrected chi connectivity index (χ3v) is 2.41. The molecule has 0 bridgehead atoms. The van der Waals surface area contributed by atoms with E-state index >= 15 is 0 Å². The molecule has 0 saturated carbocycles. The van der Waals surface area contributed by atoms with E-state index in [1.807, 2.05) is 0 Å². The van der Waals surface area contributed by atoms with Crippen molar-refractivity contribution in [3.05, 3.63) is 23.3 Å². The molecular formula is C11H15NO4. The first-order valence-corrected chi connectivity index (χ1v) is 4.91. The first-order valence-electron chi connectivity index (χ1n) is 4.91. The van der Waals surface area contributed by atoms with Gasteiger partial charge >= 0.3 is 5.97 Å². The molecule has 1 aromatic rings. The summed E-state index contributed by atoms with van der Waals surface area (Å²) in [6.07, 6.45) is 0.140. The monoisotopic (exact) mass is 225 g/mol. The highest BCUT2D eigenvalue weighted by Gasteiger charge is 2.14. The summed E-state index contributed by atoms with van der Waals surface area (Å²) in [6.45, 7) is 1.65. The van der Waals surface area contributed by atoms with Crippen LogP contribution in [0.1, 0.15) is 30.0 Å². The van der Waals surface area contributed by atoms with Crippen molar-refractivity contribution < 1.29 is 20.1 Å². The molecule has 0 aliphatic carbocycles. The van der Waals surface area contributed by atoms with Crippen molar-refractivity contribution >= 4 is 5.97 Å². The molecule has 16 heavy (non-hydrogen) atoms. The summed E-state index contributed by atoms with van der Waals surface area (Å²) < 4.78 is 0. The Labute approximate surface area is 93.1 Å². The molecule has 0 amide bonds. The van der Waals surface area contributed by atoms with Crippen molar-refractivity contribution in [1.82, 2.24) is 0 Å². The Kier molecular flexibility index (Phi) is 3.73. The Morgan fingerprint density at radius 2 is 2.00 bits per heavy atom. The van der Waals surface area contributed by atoms with Crippen LogP contribution in [0.3, 0.4) is 0 Å². The third-order valence-electron chi connectivity index (χ3n) is 2.41. The number of aryl methyl sites for hydroxylation is 1. The van der Waals surface area contributed by atoms with Crippen LogP contribution in [0, 0.1) is 6.92 Å². The second-order valence-electron chi connectivity index (χ2n) is 3.74. The van der Waals surface area contributed by atoms with Crippen molar-refractivity contribution in [3.63, 3.8) is 0 Å². The van der Waals surface area contributed by atoms with Crippen molar-refractivity contribution in [3.8, 4) is 11.5 Å². The van der Waals surface area contributed by atoms with E-state index in [4.69, 9.17) is 10.8 Å². The summed E-state index contributed by atoms with van der Waals surface area (Å²) in [4.78, 5) is 10.4. The smallest absolute Gasteiger partial charge is 0.303 e. The maximum Gasteiger partial charge on any atom is 0.303 e. The predicted molar refractivity (Wildman–Crippen MR) is 58.3 cm³/mol. The van der Waals surface area contributed by atoms with Gasteiger partial charge in [-0.25, -0.2) is 0 Å². The van der Waals surface area contributed by atoms with Gasteiger partial charge in [-0.15, -0.1) is 0 Å². The number of benzene rings is 1. The fourth-order valence-electron chi connectivity index (χ4n) is 1.43. The minimum absolute atomic E-state index is 0.0202. The van der Waals surface area contributed by atoms with E-state index in [9.17, 15) is 15.0 Å². The Morgan fingerprint density at radius 1 is 1.38 bits per heavy atom. The van der Waals surface area contributed by atoms with Gasteiger partial charge in [0.25, 0.3) is 0 Å². The molecule has 0 saturated heterocycles. The lowest BCUT2D eigenvalue weighted by Gasteiger charge is -2.14. The number of hydrogen-bond donors (Lipinski definition) is 4. The molecular weight excluding hydrogens is 210 g/mol. The molecule has 1 rings (SSSR count). The average molecular weight is 225 g/mol. The number of carboxylic acids is 1. The number of nitrogens with two attached hydrogens (primary N) is 1. The highest BCUT2D eigenvalue weighted by molar-refractivity contribution is 5.66. The molecule has 1 aromatic carbocycles. The Bertz CT molecular complexity index is 403. The van der Waals surface area contributed by atoms with Crippen LogP contribution in [0.15, 0.2) is 12.1 Å². The Morgan fingerprint density at radius 3 is 2.56 bits per heavy atom. The number of carboxylic acid groups (broad SMARTS) is 1. The molecule has 0 aliphatic heterocycles. The van der Waals surface area contributed by atoms with Crippen LogP contribution in [0.5, 0.6) is 11.5 Å². The Hall–Kier alpha value is -1.75. The number of hydrogen-bond acceptors (Lipinski definition) is 4. The van der Waals surface area contributed by atoms with E-state index in [0.29, 0.717) is 11.1 Å². The largest absolute Gasteiger partial charge is 0.508 e. The van der Waals surface area contributed by atoms with Crippen molar-refractivity contribution in [2.45, 2.75) is 25.8 Å². The summed E-state index contributed by atoms with van der Waals surface area (Å²) in [5.74, 6) is -0.918. The van der Waals surface area contributed by atoms with Crippen LogP contribution < -0.4 is 5.73 Å². The Balaban J connectivity index is 2.86. The molecule has 0 fully saturated rings. The first kappa shape index (κ1) is 12.3. The molecule has 88 valence electrons. The fraction of sp³-hybridized carbons (Fsp3) is 0.364. The number of phenols is 2. The van der Waals surface area contributed by atoms with Gasteiger partial charge in [-0.1, -0.05) is 0 Å². The molecule has 0 aromatic heterocycles. The average Bonchev–Trinajstić information content (AvgIpc) is 2.20. The number of aromatic hydroxyl groups is 2. The highest BCUT2D eigenvalue weighted by atomic mass is 16.4. The van der Waals surface area contributed by atoms with Crippen molar-refractivity contribution in [1.29, 1.82) is 0 Å². The zero-order valence-corrected chi connectivity index (χ0v) is 8.97. The maximum atomic E-state index is 10.4. The number of aliphatic carboxylic acids is 1. The van der Waals surface area contributed by atoms with Gasteiger partial charge in [0.05, 0.1) is 0 Å². The first-order chi connectivity index (χ1) is 7.41. The molecule has 1 unspecified atom stereocenters. The normalized spacial score (nSPS) is 12.4. The number of rotatable bonds is 4. The summed E-state index contributed by atoms with van der Waals surface area (Å²) in [5, 5.41) is 27.6. The molecule has 5 nitrogen and oxygen atoms in total. The van der Waals surface area contributed by atoms with Gasteiger partial charge in [-0.05, 0) is 31.0 Å². The topological polar surface area (TPSA) is 104 Å². The summed E-state index contributed by atoms with van der Waals surface area (Å²) in [6, 6.07) is 2.19. The van der Waals surface area contributed by atoms with E-state index in [1.165, 1.54) is 12.1 Å². The van der Waals surface area contributed by atoms with Crippen molar-refractivity contribution in [2.24, 2.45) is 5.73 Å². The summed E-state index contributed by atoms with van der Waals surface area (Å²) in [7, 11) is 0. The van der Waals surface area contributed by atoms with Gasteiger partial charge in [0, 0.05) is 18.0 Å². The number of carbonyl (C=O) groups is 1. The van der Waals surface area contributed by atoms with E-state index in [2.05, 4.69) is 0 Å². The summed E-state index contributed by atoms with van der Waals surface area (Å²) in [5.41, 5.74) is 6.64. The quantitative estimate of drug-likeness (QED) is 0.578. The highest BCUT2D eigenvalue weighted by Crippen LogP contribution is 2.31. The SMILES string of the molecule is Cc1cc(O)c(C(N)CCC(=O)O)cc1O. The second kappa shape index (κ2) is 4.85. The zero-order chi connectivity index (χ0) is 12.3. The maximum absolute atomic E-state index is 10.4. The second-order valence-corrected chi connectivity index (χ2v) is 3.74.